The van der Waals surface area contributed by atoms with E-state index in [1.165, 1.54) is 0 Å². The number of methoxy groups -OCH3 is 1. The van der Waals surface area contributed by atoms with Gasteiger partial charge in [0.25, 0.3) is 5.56 Å². The molecule has 2 aromatic carbocycles. The van der Waals surface area contributed by atoms with Crippen LogP contribution in [-0.2, 0) is 6.54 Å². The van der Waals surface area contributed by atoms with E-state index in [9.17, 15) is 4.79 Å². The van der Waals surface area contributed by atoms with E-state index in [-0.39, 0.29) is 5.56 Å². The second kappa shape index (κ2) is 8.58. The number of nitrogens with zero attached hydrogens (tertiary/aromatic N) is 2. The minimum absolute atomic E-state index is 0.262. The van der Waals surface area contributed by atoms with Crippen molar-refractivity contribution in [2.75, 3.05) is 25.6 Å². The molecule has 0 fully saturated rings. The number of H-pyrrole nitrogens is 1. The molecule has 8 heteroatoms. The van der Waals surface area contributed by atoms with Crippen molar-refractivity contribution in [2.24, 2.45) is 0 Å². The van der Waals surface area contributed by atoms with Gasteiger partial charge in [0.2, 0.25) is 5.95 Å². The standard InChI is InChI=1S/C24H22N4O4/c1-30-17-5-2-4-16(13-17)18-8-9-25-22-21(18)23(29)28-24(27-22)26-14-15-6-7-19-20(12-15)32-11-3-10-31-19/h2,4-9,12-13H,3,10-11,14H2,1H3,(H2,25,26,27,28,29). The summed E-state index contributed by atoms with van der Waals surface area (Å²) in [6.45, 7) is 1.74. The van der Waals surface area contributed by atoms with E-state index in [0.717, 1.165) is 34.6 Å². The minimum Gasteiger partial charge on any atom is -0.497 e. The van der Waals surface area contributed by atoms with E-state index in [1.807, 2.05) is 42.5 Å². The molecular weight excluding hydrogens is 408 g/mol. The van der Waals surface area contributed by atoms with Crippen molar-refractivity contribution in [1.29, 1.82) is 0 Å². The molecule has 0 unspecified atom stereocenters. The molecular formula is C24H22N4O4. The highest BCUT2D eigenvalue weighted by Crippen LogP contribution is 2.31. The SMILES string of the molecule is COc1cccc(-c2ccnc3nc(NCc4ccc5c(c4)OCCCO5)[nH]c(=O)c23)c1. The fraction of sp³-hybridized carbons (Fsp3) is 0.208. The van der Waals surface area contributed by atoms with Crippen molar-refractivity contribution in [1.82, 2.24) is 15.0 Å². The zero-order valence-corrected chi connectivity index (χ0v) is 17.6. The Kier molecular flexibility index (Phi) is 5.33. The molecule has 0 spiro atoms. The largest absolute Gasteiger partial charge is 0.497 e. The summed E-state index contributed by atoms with van der Waals surface area (Å²) in [5, 5.41) is 3.60. The summed E-state index contributed by atoms with van der Waals surface area (Å²) in [4.78, 5) is 24.6. The van der Waals surface area contributed by atoms with Crippen LogP contribution in [0, 0.1) is 0 Å². The van der Waals surface area contributed by atoms with E-state index in [4.69, 9.17) is 14.2 Å². The Labute approximate surface area is 184 Å². The second-order valence-electron chi connectivity index (χ2n) is 7.39. The van der Waals surface area contributed by atoms with Crippen molar-refractivity contribution >= 4 is 17.0 Å². The van der Waals surface area contributed by atoms with Gasteiger partial charge in [-0.15, -0.1) is 0 Å². The fourth-order valence-electron chi connectivity index (χ4n) is 3.68. The zero-order chi connectivity index (χ0) is 21.9. The molecule has 4 aromatic rings. The summed E-state index contributed by atoms with van der Waals surface area (Å²) < 4.78 is 16.7. The summed E-state index contributed by atoms with van der Waals surface area (Å²) in [6.07, 6.45) is 2.51. The van der Waals surface area contributed by atoms with Crippen LogP contribution < -0.4 is 25.1 Å². The van der Waals surface area contributed by atoms with Crippen LogP contribution in [0.15, 0.2) is 59.5 Å². The van der Waals surface area contributed by atoms with Gasteiger partial charge in [-0.05, 0) is 47.0 Å². The first-order valence-electron chi connectivity index (χ1n) is 10.4. The molecule has 2 N–H and O–H groups in total. The molecule has 32 heavy (non-hydrogen) atoms. The molecule has 8 nitrogen and oxygen atoms in total. The average Bonchev–Trinajstić information content (AvgIpc) is 3.07. The third kappa shape index (κ3) is 3.94. The van der Waals surface area contributed by atoms with E-state index in [1.54, 1.807) is 19.4 Å². The van der Waals surface area contributed by atoms with Crippen molar-refractivity contribution in [3.63, 3.8) is 0 Å². The predicted molar refractivity (Wildman–Crippen MR) is 122 cm³/mol. The molecule has 0 saturated carbocycles. The fourth-order valence-corrected chi connectivity index (χ4v) is 3.68. The topological polar surface area (TPSA) is 98.4 Å². The lowest BCUT2D eigenvalue weighted by Gasteiger charge is -2.11. The maximum Gasteiger partial charge on any atom is 0.262 e. The van der Waals surface area contributed by atoms with Crippen molar-refractivity contribution in [3.05, 3.63) is 70.6 Å². The number of pyridine rings is 1. The molecule has 1 aliphatic rings. The van der Waals surface area contributed by atoms with Gasteiger partial charge >= 0.3 is 0 Å². The maximum atomic E-state index is 12.9. The predicted octanol–water partition coefficient (Wildman–Crippen LogP) is 3.77. The quantitative estimate of drug-likeness (QED) is 0.497. The number of fused-ring (bicyclic) bond motifs is 2. The maximum absolute atomic E-state index is 12.9. The Morgan fingerprint density at radius 3 is 2.84 bits per heavy atom. The van der Waals surface area contributed by atoms with Gasteiger partial charge in [0.05, 0.1) is 25.7 Å². The highest BCUT2D eigenvalue weighted by atomic mass is 16.5. The first kappa shape index (κ1) is 19.9. The van der Waals surface area contributed by atoms with Crippen LogP contribution in [0.1, 0.15) is 12.0 Å². The molecule has 2 aromatic heterocycles. The number of hydrogen-bond donors (Lipinski definition) is 2. The molecule has 1 aliphatic heterocycles. The number of benzene rings is 2. The smallest absolute Gasteiger partial charge is 0.262 e. The molecule has 0 bridgehead atoms. The summed E-state index contributed by atoms with van der Waals surface area (Å²) in [5.41, 5.74) is 2.70. The highest BCUT2D eigenvalue weighted by molar-refractivity contribution is 5.92. The van der Waals surface area contributed by atoms with Gasteiger partial charge in [0.15, 0.2) is 17.1 Å². The number of ether oxygens (including phenoxy) is 3. The Hall–Kier alpha value is -4.07. The number of anilines is 1. The monoisotopic (exact) mass is 430 g/mol. The lowest BCUT2D eigenvalue weighted by Crippen LogP contribution is -2.14. The second-order valence-corrected chi connectivity index (χ2v) is 7.39. The Morgan fingerprint density at radius 1 is 1.09 bits per heavy atom. The Bertz CT molecular complexity index is 1340. The van der Waals surface area contributed by atoms with Gasteiger partial charge in [-0.25, -0.2) is 4.98 Å². The van der Waals surface area contributed by atoms with Gasteiger partial charge in [-0.3, -0.25) is 9.78 Å². The number of aromatic amines is 1. The summed E-state index contributed by atoms with van der Waals surface area (Å²) >= 11 is 0. The van der Waals surface area contributed by atoms with E-state index < -0.39 is 0 Å². The Morgan fingerprint density at radius 2 is 1.97 bits per heavy atom. The average molecular weight is 430 g/mol. The van der Waals surface area contributed by atoms with Gasteiger partial charge in [0, 0.05) is 19.2 Å². The summed E-state index contributed by atoms with van der Waals surface area (Å²) in [6, 6.07) is 15.1. The normalized spacial score (nSPS) is 12.9. The lowest BCUT2D eigenvalue weighted by atomic mass is 10.0. The molecule has 0 atom stereocenters. The van der Waals surface area contributed by atoms with Crippen LogP contribution in [0.5, 0.6) is 17.2 Å². The lowest BCUT2D eigenvalue weighted by molar-refractivity contribution is 0.297. The van der Waals surface area contributed by atoms with Crippen LogP contribution in [0.2, 0.25) is 0 Å². The molecule has 5 rings (SSSR count). The van der Waals surface area contributed by atoms with Crippen molar-refractivity contribution in [3.8, 4) is 28.4 Å². The summed E-state index contributed by atoms with van der Waals surface area (Å²) in [7, 11) is 1.61. The molecule has 0 amide bonds. The van der Waals surface area contributed by atoms with Crippen LogP contribution in [0.25, 0.3) is 22.2 Å². The molecule has 0 saturated heterocycles. The molecule has 0 aliphatic carbocycles. The van der Waals surface area contributed by atoms with Crippen molar-refractivity contribution < 1.29 is 14.2 Å². The summed E-state index contributed by atoms with van der Waals surface area (Å²) in [5.74, 6) is 2.54. The zero-order valence-electron chi connectivity index (χ0n) is 17.6. The van der Waals surface area contributed by atoms with Crippen LogP contribution >= 0.6 is 0 Å². The van der Waals surface area contributed by atoms with Crippen LogP contribution in [0.3, 0.4) is 0 Å². The third-order valence-electron chi connectivity index (χ3n) is 5.26. The molecule has 3 heterocycles. The van der Waals surface area contributed by atoms with Crippen LogP contribution in [-0.4, -0.2) is 35.3 Å². The van der Waals surface area contributed by atoms with E-state index in [0.29, 0.717) is 42.5 Å². The first-order chi connectivity index (χ1) is 15.7. The van der Waals surface area contributed by atoms with Crippen LogP contribution in [0.4, 0.5) is 5.95 Å². The van der Waals surface area contributed by atoms with Gasteiger partial charge in [0.1, 0.15) is 5.75 Å². The number of nitrogens with one attached hydrogen (secondary N) is 2. The van der Waals surface area contributed by atoms with Gasteiger partial charge < -0.3 is 19.5 Å². The number of aromatic nitrogens is 3. The molecule has 162 valence electrons. The number of rotatable bonds is 5. The van der Waals surface area contributed by atoms with Gasteiger partial charge in [-0.2, -0.15) is 4.98 Å². The van der Waals surface area contributed by atoms with E-state index in [2.05, 4.69) is 20.3 Å². The third-order valence-corrected chi connectivity index (χ3v) is 5.26. The highest BCUT2D eigenvalue weighted by Gasteiger charge is 2.13. The van der Waals surface area contributed by atoms with E-state index >= 15 is 0 Å². The Balaban J connectivity index is 1.43. The van der Waals surface area contributed by atoms with Gasteiger partial charge in [-0.1, -0.05) is 18.2 Å². The minimum atomic E-state index is -0.262. The van der Waals surface area contributed by atoms with Crippen molar-refractivity contribution in [2.45, 2.75) is 13.0 Å². The first-order valence-corrected chi connectivity index (χ1v) is 10.4. The number of hydrogen-bond acceptors (Lipinski definition) is 7. The molecule has 0 radical (unpaired) electrons.